The van der Waals surface area contributed by atoms with Gasteiger partial charge in [0.05, 0.1) is 47.0 Å². The molecule has 2 aromatic carbocycles. The van der Waals surface area contributed by atoms with Crippen molar-refractivity contribution >= 4 is 40.7 Å². The lowest BCUT2D eigenvalue weighted by molar-refractivity contribution is -0.133. The Labute approximate surface area is 232 Å². The predicted molar refractivity (Wildman–Crippen MR) is 148 cm³/mol. The topological polar surface area (TPSA) is 109 Å². The number of hydrogen-bond donors (Lipinski definition) is 4. The molecule has 4 N–H and O–H groups in total. The third-order valence-electron chi connectivity index (χ3n) is 6.64. The highest BCUT2D eigenvalue weighted by Crippen LogP contribution is 2.32. The van der Waals surface area contributed by atoms with Gasteiger partial charge in [0.1, 0.15) is 0 Å². The molecule has 0 radical (unpaired) electrons. The molecule has 2 aromatic rings. The minimum atomic E-state index is -0.836. The summed E-state index contributed by atoms with van der Waals surface area (Å²) >= 11 is 11.7. The molecule has 2 atom stereocenters. The number of rotatable bonds is 9. The quantitative estimate of drug-likeness (QED) is 0.344. The van der Waals surface area contributed by atoms with Gasteiger partial charge in [-0.25, -0.2) is 4.79 Å². The molecule has 2 unspecified atom stereocenters. The zero-order valence-corrected chi connectivity index (χ0v) is 22.8. The molecule has 2 aliphatic heterocycles. The van der Waals surface area contributed by atoms with E-state index in [1.807, 2.05) is 24.3 Å². The standard InChI is InChI=1S/C18H24N2O4.C10H9Cl2NO/c1-23-6-7-24-11-12-2-4-13(5-3-12)15-8-14-9-19-10-16(20-14)17(15)18(21)22;11-8-3-1-2-7(9(8)12)10(14)13-6-4-5-6/h2-5,14,16,19-20H,6-11H2,1H3,(H,21,22);1-3,6H,4-5H2,(H,13,14). The number of nitrogens with one attached hydrogen (secondary N) is 3. The summed E-state index contributed by atoms with van der Waals surface area (Å²) in [7, 11) is 1.65. The number of fused-ring (bicyclic) bond motifs is 2. The number of aliphatic carboxylic acids is 1. The Hall–Kier alpha value is -2.46. The fourth-order valence-electron chi connectivity index (χ4n) is 4.54. The first-order valence-electron chi connectivity index (χ1n) is 12.7. The Morgan fingerprint density at radius 2 is 1.84 bits per heavy atom. The number of benzene rings is 2. The summed E-state index contributed by atoms with van der Waals surface area (Å²) in [6.45, 7) is 3.21. The van der Waals surface area contributed by atoms with Crippen molar-refractivity contribution in [1.29, 1.82) is 0 Å². The lowest BCUT2D eigenvalue weighted by Gasteiger charge is -2.38. The van der Waals surface area contributed by atoms with E-state index in [1.54, 1.807) is 25.3 Å². The van der Waals surface area contributed by atoms with Crippen molar-refractivity contribution in [2.24, 2.45) is 0 Å². The maximum Gasteiger partial charge on any atom is 0.333 e. The van der Waals surface area contributed by atoms with Gasteiger partial charge in [0.2, 0.25) is 0 Å². The molecule has 38 heavy (non-hydrogen) atoms. The molecule has 10 heteroatoms. The first kappa shape index (κ1) is 28.5. The van der Waals surface area contributed by atoms with Gasteiger partial charge in [0, 0.05) is 32.3 Å². The summed E-state index contributed by atoms with van der Waals surface area (Å²) in [5, 5.41) is 19.9. The van der Waals surface area contributed by atoms with E-state index in [2.05, 4.69) is 16.0 Å². The fraction of sp³-hybridized carbons (Fsp3) is 0.429. The highest BCUT2D eigenvalue weighted by atomic mass is 35.5. The number of carbonyl (C=O) groups excluding carboxylic acids is 1. The van der Waals surface area contributed by atoms with E-state index in [1.165, 1.54) is 0 Å². The van der Waals surface area contributed by atoms with Crippen molar-refractivity contribution in [3.05, 3.63) is 74.8 Å². The minimum absolute atomic E-state index is 0.123. The Bertz CT molecular complexity index is 1170. The second kappa shape index (κ2) is 13.6. The molecule has 5 rings (SSSR count). The average molecular weight is 562 g/mol. The van der Waals surface area contributed by atoms with Gasteiger partial charge in [-0.2, -0.15) is 0 Å². The number of carboxylic acids is 1. The Morgan fingerprint density at radius 3 is 2.53 bits per heavy atom. The van der Waals surface area contributed by atoms with Crippen LogP contribution in [0.1, 0.15) is 40.7 Å². The number of halogens is 2. The first-order valence-corrected chi connectivity index (χ1v) is 13.5. The van der Waals surface area contributed by atoms with Crippen molar-refractivity contribution in [1.82, 2.24) is 16.0 Å². The van der Waals surface area contributed by atoms with Crippen LogP contribution < -0.4 is 16.0 Å². The lowest BCUT2D eigenvalue weighted by Crippen LogP contribution is -2.58. The summed E-state index contributed by atoms with van der Waals surface area (Å²) in [5.41, 5.74) is 3.95. The van der Waals surface area contributed by atoms with Gasteiger partial charge >= 0.3 is 5.97 Å². The maximum absolute atomic E-state index is 11.8. The van der Waals surface area contributed by atoms with Crippen molar-refractivity contribution in [3.63, 3.8) is 0 Å². The Balaban J connectivity index is 0.000000204. The fourth-order valence-corrected chi connectivity index (χ4v) is 4.93. The van der Waals surface area contributed by atoms with Crippen LogP contribution in [0.3, 0.4) is 0 Å². The van der Waals surface area contributed by atoms with Crippen LogP contribution in [0.25, 0.3) is 5.57 Å². The number of carbonyl (C=O) groups is 2. The lowest BCUT2D eigenvalue weighted by atomic mass is 9.84. The van der Waals surface area contributed by atoms with Crippen LogP contribution in [-0.2, 0) is 20.9 Å². The van der Waals surface area contributed by atoms with Crippen molar-refractivity contribution in [3.8, 4) is 0 Å². The highest BCUT2D eigenvalue weighted by molar-refractivity contribution is 6.43. The van der Waals surface area contributed by atoms with Crippen molar-refractivity contribution in [2.45, 2.75) is 44.0 Å². The molecule has 1 saturated heterocycles. The van der Waals surface area contributed by atoms with Gasteiger partial charge in [0.15, 0.2) is 0 Å². The normalized spacial score (nSPS) is 20.4. The number of ether oxygens (including phenoxy) is 2. The highest BCUT2D eigenvalue weighted by Gasteiger charge is 2.35. The van der Waals surface area contributed by atoms with Crippen molar-refractivity contribution in [2.75, 3.05) is 33.4 Å². The van der Waals surface area contributed by atoms with Gasteiger partial charge in [0.25, 0.3) is 5.91 Å². The molecule has 1 amide bonds. The second-order valence-electron chi connectivity index (χ2n) is 9.57. The zero-order chi connectivity index (χ0) is 27.1. The second-order valence-corrected chi connectivity index (χ2v) is 10.4. The molecule has 2 fully saturated rings. The monoisotopic (exact) mass is 561 g/mol. The summed E-state index contributed by atoms with van der Waals surface area (Å²) in [4.78, 5) is 23.4. The first-order chi connectivity index (χ1) is 18.4. The SMILES string of the molecule is COCCOCc1ccc(C2=C(C(=O)O)C3CNCC(C2)N3)cc1.O=C(NC1CC1)c1cccc(Cl)c1Cl. The van der Waals surface area contributed by atoms with Crippen LogP contribution in [0.15, 0.2) is 48.0 Å². The van der Waals surface area contributed by atoms with Gasteiger partial charge < -0.3 is 30.5 Å². The van der Waals surface area contributed by atoms with Crippen LogP contribution in [0, 0.1) is 0 Å². The molecule has 204 valence electrons. The van der Waals surface area contributed by atoms with E-state index >= 15 is 0 Å². The molecule has 1 saturated carbocycles. The molecule has 8 nitrogen and oxygen atoms in total. The number of amides is 1. The predicted octanol–water partition coefficient (Wildman–Crippen LogP) is 3.91. The van der Waals surface area contributed by atoms with Gasteiger partial charge in [-0.3, -0.25) is 4.79 Å². The largest absolute Gasteiger partial charge is 0.478 e. The van der Waals surface area contributed by atoms with E-state index in [-0.39, 0.29) is 11.9 Å². The van der Waals surface area contributed by atoms with Gasteiger partial charge in [-0.15, -0.1) is 0 Å². The summed E-state index contributed by atoms with van der Waals surface area (Å²) in [6.07, 6.45) is 2.85. The molecule has 1 aliphatic carbocycles. The third-order valence-corrected chi connectivity index (χ3v) is 7.46. The smallest absolute Gasteiger partial charge is 0.333 e. The molecule has 2 bridgehead atoms. The van der Waals surface area contributed by atoms with Crippen LogP contribution in [0.4, 0.5) is 0 Å². The molecule has 0 spiro atoms. The van der Waals surface area contributed by atoms with Gasteiger partial charge in [-0.05, 0) is 48.1 Å². The molecular formula is C28H33Cl2N3O5. The Kier molecular flexibility index (Phi) is 10.2. The van der Waals surface area contributed by atoms with Crippen LogP contribution >= 0.6 is 23.2 Å². The van der Waals surface area contributed by atoms with E-state index in [9.17, 15) is 14.7 Å². The maximum atomic E-state index is 11.8. The van der Waals surface area contributed by atoms with E-state index in [0.29, 0.717) is 59.6 Å². The van der Waals surface area contributed by atoms with E-state index in [0.717, 1.165) is 42.5 Å². The summed E-state index contributed by atoms with van der Waals surface area (Å²) < 4.78 is 10.5. The molecular weight excluding hydrogens is 529 g/mol. The number of hydrogen-bond acceptors (Lipinski definition) is 6. The van der Waals surface area contributed by atoms with Crippen LogP contribution in [0.2, 0.25) is 10.0 Å². The number of carboxylic acid groups (broad SMARTS) is 1. The van der Waals surface area contributed by atoms with Gasteiger partial charge in [-0.1, -0.05) is 53.5 Å². The van der Waals surface area contributed by atoms with E-state index < -0.39 is 5.97 Å². The van der Waals surface area contributed by atoms with Crippen LogP contribution in [-0.4, -0.2) is 68.5 Å². The average Bonchev–Trinajstić information content (AvgIpc) is 3.72. The van der Waals surface area contributed by atoms with E-state index in [4.69, 9.17) is 32.7 Å². The molecule has 0 aromatic heterocycles. The minimum Gasteiger partial charge on any atom is -0.478 e. The number of methoxy groups -OCH3 is 1. The summed E-state index contributed by atoms with van der Waals surface area (Å²) in [5.74, 6) is -0.975. The molecule has 3 aliphatic rings. The van der Waals surface area contributed by atoms with Crippen LogP contribution in [0.5, 0.6) is 0 Å². The van der Waals surface area contributed by atoms with Crippen molar-refractivity contribution < 1.29 is 24.2 Å². The zero-order valence-electron chi connectivity index (χ0n) is 21.3. The Morgan fingerprint density at radius 1 is 1.08 bits per heavy atom. The number of piperazine rings is 1. The third kappa shape index (κ3) is 7.56. The molecule has 2 heterocycles. The summed E-state index contributed by atoms with van der Waals surface area (Å²) in [6, 6.07) is 13.6.